The fourth-order valence-corrected chi connectivity index (χ4v) is 4.91. The molecule has 0 aromatic heterocycles. The molecule has 3 rings (SSSR count). The van der Waals surface area contributed by atoms with Gasteiger partial charge in [0.1, 0.15) is 0 Å². The summed E-state index contributed by atoms with van der Waals surface area (Å²) in [5.74, 6) is -0.575. The first-order valence-corrected chi connectivity index (χ1v) is 11.1. The molecule has 0 amide bonds. The number of aliphatic hydroxyl groups is 2. The van der Waals surface area contributed by atoms with Crippen molar-refractivity contribution in [3.63, 3.8) is 0 Å². The van der Waals surface area contributed by atoms with Crippen molar-refractivity contribution in [2.24, 2.45) is 5.41 Å². The molecule has 0 radical (unpaired) electrons. The van der Waals surface area contributed by atoms with Crippen LogP contribution in [0.25, 0.3) is 0 Å². The lowest BCUT2D eigenvalue weighted by molar-refractivity contribution is -0.155. The molecule has 0 aromatic rings. The minimum Gasteiger partial charge on any atom is -0.429 e. The molecule has 0 saturated heterocycles. The van der Waals surface area contributed by atoms with Crippen molar-refractivity contribution in [1.82, 2.24) is 0 Å². The molecule has 5 nitrogen and oxygen atoms in total. The lowest BCUT2D eigenvalue weighted by Crippen LogP contribution is -2.32. The van der Waals surface area contributed by atoms with Crippen molar-refractivity contribution >= 4 is 5.97 Å². The lowest BCUT2D eigenvalue weighted by atomic mass is 9.71. The zero-order valence-electron chi connectivity index (χ0n) is 18.7. The molecule has 3 aliphatic rings. The van der Waals surface area contributed by atoms with Crippen LogP contribution in [0.3, 0.4) is 0 Å². The van der Waals surface area contributed by atoms with E-state index < -0.39 is 24.7 Å². The summed E-state index contributed by atoms with van der Waals surface area (Å²) in [7, 11) is 0. The number of ether oxygens (including phenoxy) is 2. The molecule has 0 saturated carbocycles. The number of hydrogen-bond acceptors (Lipinski definition) is 5. The van der Waals surface area contributed by atoms with Crippen LogP contribution in [0, 0.1) is 5.41 Å². The van der Waals surface area contributed by atoms with E-state index in [-0.39, 0.29) is 0 Å². The average Bonchev–Trinajstić information content (AvgIpc) is 3.00. The summed E-state index contributed by atoms with van der Waals surface area (Å²) in [6.07, 6.45) is 10.8. The molecule has 2 N–H and O–H groups in total. The standard InChI is InChI=1S/C25H36O5/c1-16(10-12-20-17(2)8-6-14-25(20,3)4)7-5-9-18-11-13-21(29-23(18)27)19-15-22(26)30-24(19)28/h7,11,15,21,23-24,27-28H,5-6,8-10,12-14H2,1-4H3/b16-7-/t21-,23+,24+/m1/s1. The Bertz CT molecular complexity index is 783. The largest absolute Gasteiger partial charge is 0.429 e. The number of cyclic esters (lactones) is 1. The fourth-order valence-electron chi connectivity index (χ4n) is 4.91. The van der Waals surface area contributed by atoms with E-state index in [0.717, 1.165) is 31.3 Å². The van der Waals surface area contributed by atoms with E-state index in [1.54, 1.807) is 11.1 Å². The predicted octanol–water partition coefficient (Wildman–Crippen LogP) is 4.86. The third-order valence-corrected chi connectivity index (χ3v) is 6.75. The van der Waals surface area contributed by atoms with Crippen molar-refractivity contribution in [3.05, 3.63) is 46.1 Å². The highest BCUT2D eigenvalue weighted by Gasteiger charge is 2.34. The highest BCUT2D eigenvalue weighted by atomic mass is 16.6. The topological polar surface area (TPSA) is 76.0 Å². The molecule has 0 bridgehead atoms. The Balaban J connectivity index is 1.49. The van der Waals surface area contributed by atoms with Gasteiger partial charge in [0.15, 0.2) is 6.29 Å². The third kappa shape index (κ3) is 5.51. The first kappa shape index (κ1) is 23.0. The Hall–Kier alpha value is -1.69. The molecular weight excluding hydrogens is 380 g/mol. The molecule has 0 unspecified atom stereocenters. The molecule has 2 aliphatic heterocycles. The van der Waals surface area contributed by atoms with Gasteiger partial charge in [-0.3, -0.25) is 0 Å². The Morgan fingerprint density at radius 1 is 1.27 bits per heavy atom. The second-order valence-electron chi connectivity index (χ2n) is 9.51. The Labute approximate surface area is 180 Å². The summed E-state index contributed by atoms with van der Waals surface area (Å²) in [6, 6.07) is 0. The average molecular weight is 417 g/mol. The van der Waals surface area contributed by atoms with Gasteiger partial charge < -0.3 is 19.7 Å². The first-order chi connectivity index (χ1) is 14.2. The summed E-state index contributed by atoms with van der Waals surface area (Å²) in [6.45, 7) is 9.23. The maximum Gasteiger partial charge on any atom is 0.333 e. The SMILES string of the molecule is CC1=C(CC/C(C)=C\CCC2=CC[C@H](C3=CC(=O)O[C@@H]3O)O[C@@H]2O)C(C)(C)CCC1. The highest BCUT2D eigenvalue weighted by molar-refractivity contribution is 5.85. The van der Waals surface area contributed by atoms with E-state index in [9.17, 15) is 15.0 Å². The molecule has 0 aromatic carbocycles. The molecular formula is C25H36O5. The summed E-state index contributed by atoms with van der Waals surface area (Å²) >= 11 is 0. The normalized spacial score (nSPS) is 29.6. The maximum absolute atomic E-state index is 11.3. The monoisotopic (exact) mass is 416 g/mol. The summed E-state index contributed by atoms with van der Waals surface area (Å²) < 4.78 is 10.3. The summed E-state index contributed by atoms with van der Waals surface area (Å²) in [5, 5.41) is 20.1. The van der Waals surface area contributed by atoms with Crippen LogP contribution >= 0.6 is 0 Å². The molecule has 166 valence electrons. The Morgan fingerprint density at radius 2 is 2.03 bits per heavy atom. The van der Waals surface area contributed by atoms with Crippen LogP contribution in [0.2, 0.25) is 0 Å². The van der Waals surface area contributed by atoms with Gasteiger partial charge in [-0.2, -0.15) is 0 Å². The van der Waals surface area contributed by atoms with Crippen LogP contribution in [0.4, 0.5) is 0 Å². The molecule has 0 spiro atoms. The van der Waals surface area contributed by atoms with E-state index >= 15 is 0 Å². The molecule has 0 fully saturated rings. The van der Waals surface area contributed by atoms with Crippen LogP contribution in [-0.2, 0) is 14.3 Å². The van der Waals surface area contributed by atoms with Gasteiger partial charge in [-0.15, -0.1) is 0 Å². The van der Waals surface area contributed by atoms with Crippen LogP contribution < -0.4 is 0 Å². The van der Waals surface area contributed by atoms with Gasteiger partial charge in [0.2, 0.25) is 6.29 Å². The van der Waals surface area contributed by atoms with Crippen LogP contribution in [0.1, 0.15) is 79.1 Å². The number of rotatable bonds is 7. The van der Waals surface area contributed by atoms with Crippen molar-refractivity contribution in [1.29, 1.82) is 0 Å². The van der Waals surface area contributed by atoms with Crippen molar-refractivity contribution in [2.75, 3.05) is 0 Å². The summed E-state index contributed by atoms with van der Waals surface area (Å²) in [4.78, 5) is 11.3. The quantitative estimate of drug-likeness (QED) is 0.458. The first-order valence-electron chi connectivity index (χ1n) is 11.1. The van der Waals surface area contributed by atoms with Gasteiger partial charge in [-0.1, -0.05) is 42.7 Å². The van der Waals surface area contributed by atoms with Crippen molar-refractivity contribution < 1.29 is 24.5 Å². The number of esters is 1. The second kappa shape index (κ2) is 9.63. The predicted molar refractivity (Wildman–Crippen MR) is 116 cm³/mol. The van der Waals surface area contributed by atoms with E-state index in [1.807, 2.05) is 6.08 Å². The lowest BCUT2D eigenvalue weighted by Gasteiger charge is -2.35. The van der Waals surface area contributed by atoms with Gasteiger partial charge in [0.25, 0.3) is 0 Å². The molecule has 30 heavy (non-hydrogen) atoms. The number of hydrogen-bond donors (Lipinski definition) is 2. The van der Waals surface area contributed by atoms with Crippen LogP contribution in [0.15, 0.2) is 46.1 Å². The zero-order valence-corrected chi connectivity index (χ0v) is 18.7. The Morgan fingerprint density at radius 3 is 2.67 bits per heavy atom. The fraction of sp³-hybridized carbons (Fsp3) is 0.640. The number of aliphatic hydroxyl groups excluding tert-OH is 2. The zero-order chi connectivity index (χ0) is 21.9. The van der Waals surface area contributed by atoms with E-state index in [1.165, 1.54) is 30.9 Å². The highest BCUT2D eigenvalue weighted by Crippen LogP contribution is 2.42. The molecule has 5 heteroatoms. The maximum atomic E-state index is 11.3. The Kier molecular flexibility index (Phi) is 7.38. The number of allylic oxidation sites excluding steroid dienone is 4. The second-order valence-corrected chi connectivity index (χ2v) is 9.51. The third-order valence-electron chi connectivity index (χ3n) is 6.75. The van der Waals surface area contributed by atoms with Gasteiger partial charge in [-0.05, 0) is 76.2 Å². The van der Waals surface area contributed by atoms with Crippen LogP contribution in [0.5, 0.6) is 0 Å². The van der Waals surface area contributed by atoms with Crippen molar-refractivity contribution in [2.45, 2.75) is 97.7 Å². The van der Waals surface area contributed by atoms with E-state index in [2.05, 4.69) is 33.8 Å². The van der Waals surface area contributed by atoms with E-state index in [0.29, 0.717) is 17.4 Å². The van der Waals surface area contributed by atoms with Crippen LogP contribution in [-0.4, -0.2) is 34.9 Å². The van der Waals surface area contributed by atoms with Gasteiger partial charge in [-0.25, -0.2) is 4.79 Å². The number of carbonyl (C=O) groups is 1. The number of carbonyl (C=O) groups excluding carboxylic acids is 1. The minimum absolute atomic E-state index is 0.325. The minimum atomic E-state index is -1.27. The van der Waals surface area contributed by atoms with E-state index in [4.69, 9.17) is 9.47 Å². The smallest absolute Gasteiger partial charge is 0.333 e. The van der Waals surface area contributed by atoms with Crippen molar-refractivity contribution in [3.8, 4) is 0 Å². The molecule has 2 heterocycles. The molecule has 3 atom stereocenters. The van der Waals surface area contributed by atoms with Gasteiger partial charge in [0, 0.05) is 11.6 Å². The van der Waals surface area contributed by atoms with Gasteiger partial charge >= 0.3 is 5.97 Å². The van der Waals surface area contributed by atoms with Gasteiger partial charge in [0.05, 0.1) is 6.10 Å². The molecule has 1 aliphatic carbocycles. The summed E-state index contributed by atoms with van der Waals surface area (Å²) in [5.41, 5.74) is 6.15.